The lowest BCUT2D eigenvalue weighted by Gasteiger charge is -2.20. The molecule has 0 bridgehead atoms. The zero-order valence-electron chi connectivity index (χ0n) is 10.1. The van der Waals surface area contributed by atoms with E-state index in [1.165, 1.54) is 7.05 Å². The van der Waals surface area contributed by atoms with Gasteiger partial charge in [0.2, 0.25) is 0 Å². The van der Waals surface area contributed by atoms with Crippen LogP contribution in [0, 0.1) is 0 Å². The van der Waals surface area contributed by atoms with Crippen molar-refractivity contribution in [3.63, 3.8) is 0 Å². The quantitative estimate of drug-likeness (QED) is 0.620. The Bertz CT molecular complexity index is 240. The number of nitrogens with zero attached hydrogens (tertiary/aromatic N) is 1. The maximum absolute atomic E-state index is 11.6. The van der Waals surface area contributed by atoms with Gasteiger partial charge in [-0.05, 0) is 12.8 Å². The van der Waals surface area contributed by atoms with Crippen LogP contribution in [0.1, 0.15) is 46.0 Å². The Hall–Kier alpha value is -0.130. The molecule has 4 nitrogen and oxygen atoms in total. The second-order valence-electron chi connectivity index (χ2n) is 3.67. The van der Waals surface area contributed by atoms with Crippen LogP contribution in [0.25, 0.3) is 0 Å². The lowest BCUT2D eigenvalue weighted by atomic mass is 10.2. The highest BCUT2D eigenvalue weighted by Crippen LogP contribution is 2.05. The van der Waals surface area contributed by atoms with Crippen molar-refractivity contribution in [2.45, 2.75) is 46.0 Å². The monoisotopic (exact) mass is 236 g/mol. The van der Waals surface area contributed by atoms with E-state index < -0.39 is 10.2 Å². The van der Waals surface area contributed by atoms with Crippen molar-refractivity contribution in [3.05, 3.63) is 0 Å². The highest BCUT2D eigenvalue weighted by atomic mass is 32.2. The van der Waals surface area contributed by atoms with Gasteiger partial charge in [0.25, 0.3) is 10.2 Å². The van der Waals surface area contributed by atoms with Crippen LogP contribution in [0.3, 0.4) is 0 Å². The summed E-state index contributed by atoms with van der Waals surface area (Å²) in [4.78, 5) is 0. The van der Waals surface area contributed by atoms with Crippen LogP contribution in [0.2, 0.25) is 0 Å². The molecular formula is C10H24N2O2S. The first-order chi connectivity index (χ1) is 7.08. The summed E-state index contributed by atoms with van der Waals surface area (Å²) in [6.07, 6.45) is 5.08. The standard InChI is InChI=1S/C10H24N2O2S/c1-4-6-8-10-12(9-7-5-2)15(13,14)11-3/h11H,4-10H2,1-3H3. The van der Waals surface area contributed by atoms with E-state index in [1.807, 2.05) is 0 Å². The molecule has 0 saturated heterocycles. The Balaban J connectivity index is 4.18. The first-order valence-electron chi connectivity index (χ1n) is 5.77. The van der Waals surface area contributed by atoms with Crippen molar-refractivity contribution in [1.82, 2.24) is 9.03 Å². The Morgan fingerprint density at radius 1 is 1.00 bits per heavy atom. The molecule has 0 aromatic rings. The van der Waals surface area contributed by atoms with E-state index in [9.17, 15) is 8.42 Å². The first-order valence-corrected chi connectivity index (χ1v) is 7.21. The van der Waals surface area contributed by atoms with Gasteiger partial charge < -0.3 is 0 Å². The molecule has 0 rings (SSSR count). The van der Waals surface area contributed by atoms with Crippen LogP contribution in [0.15, 0.2) is 0 Å². The Kier molecular flexibility index (Phi) is 8.00. The van der Waals surface area contributed by atoms with Gasteiger partial charge in [-0.3, -0.25) is 0 Å². The van der Waals surface area contributed by atoms with Crippen LogP contribution in [0.5, 0.6) is 0 Å². The van der Waals surface area contributed by atoms with Crippen molar-refractivity contribution in [1.29, 1.82) is 0 Å². The zero-order chi connectivity index (χ0) is 11.7. The summed E-state index contributed by atoms with van der Waals surface area (Å²) in [5.41, 5.74) is 0. The highest BCUT2D eigenvalue weighted by molar-refractivity contribution is 7.87. The van der Waals surface area contributed by atoms with E-state index in [0.717, 1.165) is 32.1 Å². The first kappa shape index (κ1) is 14.9. The zero-order valence-corrected chi connectivity index (χ0v) is 10.9. The lowest BCUT2D eigenvalue weighted by Crippen LogP contribution is -2.40. The molecule has 5 heteroatoms. The van der Waals surface area contributed by atoms with Crippen molar-refractivity contribution >= 4 is 10.2 Å². The minimum atomic E-state index is -3.23. The summed E-state index contributed by atoms with van der Waals surface area (Å²) >= 11 is 0. The molecule has 0 aliphatic rings. The fourth-order valence-corrected chi connectivity index (χ4v) is 2.35. The third-order valence-corrected chi connectivity index (χ3v) is 3.93. The van der Waals surface area contributed by atoms with Gasteiger partial charge in [0, 0.05) is 20.1 Å². The molecule has 0 atom stereocenters. The third kappa shape index (κ3) is 6.12. The fraction of sp³-hybridized carbons (Fsp3) is 1.00. The van der Waals surface area contributed by atoms with Gasteiger partial charge in [0.1, 0.15) is 0 Å². The Labute approximate surface area is 94.2 Å². The summed E-state index contributed by atoms with van der Waals surface area (Å²) in [7, 11) is -1.76. The summed E-state index contributed by atoms with van der Waals surface area (Å²) in [5.74, 6) is 0. The molecule has 0 heterocycles. The molecule has 0 amide bonds. The molecular weight excluding hydrogens is 212 g/mol. The highest BCUT2D eigenvalue weighted by Gasteiger charge is 2.18. The van der Waals surface area contributed by atoms with Crippen LogP contribution in [0.4, 0.5) is 0 Å². The molecule has 0 aliphatic heterocycles. The van der Waals surface area contributed by atoms with E-state index in [2.05, 4.69) is 18.6 Å². The number of nitrogens with one attached hydrogen (secondary N) is 1. The van der Waals surface area contributed by atoms with Crippen molar-refractivity contribution in [3.8, 4) is 0 Å². The fourth-order valence-electron chi connectivity index (χ4n) is 1.35. The van der Waals surface area contributed by atoms with Crippen molar-refractivity contribution in [2.24, 2.45) is 0 Å². The van der Waals surface area contributed by atoms with Crippen LogP contribution >= 0.6 is 0 Å². The minimum absolute atomic E-state index is 0.628. The maximum atomic E-state index is 11.6. The molecule has 0 fully saturated rings. The average Bonchev–Trinajstić information content (AvgIpc) is 2.23. The molecule has 0 aromatic carbocycles. The van der Waals surface area contributed by atoms with Gasteiger partial charge >= 0.3 is 0 Å². The van der Waals surface area contributed by atoms with E-state index in [-0.39, 0.29) is 0 Å². The number of hydrogen-bond acceptors (Lipinski definition) is 2. The van der Waals surface area contributed by atoms with E-state index >= 15 is 0 Å². The van der Waals surface area contributed by atoms with Gasteiger partial charge in [-0.2, -0.15) is 12.7 Å². The van der Waals surface area contributed by atoms with Gasteiger partial charge in [-0.25, -0.2) is 4.72 Å². The summed E-state index contributed by atoms with van der Waals surface area (Å²) < 4.78 is 27.2. The topological polar surface area (TPSA) is 49.4 Å². The third-order valence-electron chi connectivity index (χ3n) is 2.37. The normalized spacial score (nSPS) is 12.3. The van der Waals surface area contributed by atoms with Crippen LogP contribution in [-0.4, -0.2) is 32.9 Å². The lowest BCUT2D eigenvalue weighted by molar-refractivity contribution is 0.387. The minimum Gasteiger partial charge on any atom is -0.205 e. The predicted octanol–water partition coefficient (Wildman–Crippen LogP) is 1.74. The average molecular weight is 236 g/mol. The maximum Gasteiger partial charge on any atom is 0.279 e. The summed E-state index contributed by atoms with van der Waals surface area (Å²) in [5, 5.41) is 0. The SMILES string of the molecule is CCCCCN(CCCC)S(=O)(=O)NC. The van der Waals surface area contributed by atoms with Crippen LogP contribution < -0.4 is 4.72 Å². The van der Waals surface area contributed by atoms with Gasteiger partial charge in [0.15, 0.2) is 0 Å². The molecule has 15 heavy (non-hydrogen) atoms. The van der Waals surface area contributed by atoms with Crippen molar-refractivity contribution in [2.75, 3.05) is 20.1 Å². The van der Waals surface area contributed by atoms with E-state index in [0.29, 0.717) is 13.1 Å². The van der Waals surface area contributed by atoms with Crippen LogP contribution in [-0.2, 0) is 10.2 Å². The molecule has 0 unspecified atom stereocenters. The summed E-state index contributed by atoms with van der Waals surface area (Å²) in [6.45, 7) is 5.44. The van der Waals surface area contributed by atoms with E-state index in [4.69, 9.17) is 0 Å². The number of rotatable bonds is 9. The predicted molar refractivity (Wildman–Crippen MR) is 64.0 cm³/mol. The second-order valence-corrected chi connectivity index (χ2v) is 5.54. The molecule has 0 aromatic heterocycles. The van der Waals surface area contributed by atoms with Gasteiger partial charge in [0.05, 0.1) is 0 Å². The molecule has 0 aliphatic carbocycles. The Morgan fingerprint density at radius 2 is 1.53 bits per heavy atom. The van der Waals surface area contributed by atoms with Crippen molar-refractivity contribution < 1.29 is 8.42 Å². The molecule has 0 saturated carbocycles. The Morgan fingerprint density at radius 3 is 2.00 bits per heavy atom. The largest absolute Gasteiger partial charge is 0.279 e. The summed E-state index contributed by atoms with van der Waals surface area (Å²) in [6, 6.07) is 0. The number of unbranched alkanes of at least 4 members (excludes halogenated alkanes) is 3. The smallest absolute Gasteiger partial charge is 0.205 e. The van der Waals surface area contributed by atoms with E-state index in [1.54, 1.807) is 4.31 Å². The van der Waals surface area contributed by atoms with Gasteiger partial charge in [-0.15, -0.1) is 0 Å². The second kappa shape index (κ2) is 8.07. The molecule has 1 N–H and O–H groups in total. The van der Waals surface area contributed by atoms with Gasteiger partial charge in [-0.1, -0.05) is 33.1 Å². The molecule has 0 radical (unpaired) electrons. The molecule has 0 spiro atoms. The number of hydrogen-bond donors (Lipinski definition) is 1. The molecule has 92 valence electrons.